The predicted molar refractivity (Wildman–Crippen MR) is 64.7 cm³/mol. The van der Waals surface area contributed by atoms with Crippen LogP contribution in [-0.4, -0.2) is 30.7 Å². The van der Waals surface area contributed by atoms with Gasteiger partial charge in [0.25, 0.3) is 0 Å². The average Bonchev–Trinajstić information content (AvgIpc) is 2.85. The van der Waals surface area contributed by atoms with Crippen molar-refractivity contribution in [3.05, 3.63) is 27.7 Å². The van der Waals surface area contributed by atoms with Crippen molar-refractivity contribution in [1.29, 1.82) is 0 Å². The molecule has 0 atom stereocenters. The first-order chi connectivity index (χ1) is 8.49. The lowest BCUT2D eigenvalue weighted by atomic mass is 10.3. The summed E-state index contributed by atoms with van der Waals surface area (Å²) in [6.07, 6.45) is -0.937. The molecule has 0 radical (unpaired) electrons. The second-order valence-electron chi connectivity index (χ2n) is 4.40. The Morgan fingerprint density at radius 3 is 2.78 bits per heavy atom. The molecule has 0 fully saturated rings. The Bertz CT molecular complexity index is 679. The van der Waals surface area contributed by atoms with Gasteiger partial charge in [0.05, 0.1) is 35.2 Å². The summed E-state index contributed by atoms with van der Waals surface area (Å²) < 4.78 is 1.69. The molecule has 1 N–H and O–H groups in total. The first kappa shape index (κ1) is 11.3. The molecular weight excluding hydrogens is 256 g/mol. The molecule has 6 nitrogen and oxygen atoms in total. The van der Waals surface area contributed by atoms with Crippen LogP contribution >= 0.6 is 11.6 Å². The van der Waals surface area contributed by atoms with Crippen molar-refractivity contribution >= 4 is 23.3 Å². The minimum atomic E-state index is -0.937. The van der Waals surface area contributed by atoms with Crippen LogP contribution in [0.3, 0.4) is 0 Å². The number of amides is 1. The highest BCUT2D eigenvalue weighted by Gasteiger charge is 2.29. The summed E-state index contributed by atoms with van der Waals surface area (Å²) >= 11 is 6.13. The second kappa shape index (κ2) is 3.58. The molecule has 2 aromatic rings. The lowest BCUT2D eigenvalue weighted by molar-refractivity contribution is 0.144. The van der Waals surface area contributed by atoms with E-state index in [0.29, 0.717) is 23.8 Å². The van der Waals surface area contributed by atoms with Gasteiger partial charge in [-0.2, -0.15) is 5.10 Å². The van der Waals surface area contributed by atoms with Crippen molar-refractivity contribution in [2.45, 2.75) is 26.9 Å². The van der Waals surface area contributed by atoms with Gasteiger partial charge in [-0.25, -0.2) is 14.3 Å². The molecule has 0 aromatic carbocycles. The van der Waals surface area contributed by atoms with E-state index in [1.165, 1.54) is 4.90 Å². The molecule has 0 aliphatic carbocycles. The number of carbonyl (C=O) groups is 1. The van der Waals surface area contributed by atoms with E-state index >= 15 is 0 Å². The zero-order valence-corrected chi connectivity index (χ0v) is 10.7. The monoisotopic (exact) mass is 266 g/mol. The Kier molecular flexibility index (Phi) is 2.25. The zero-order valence-electron chi connectivity index (χ0n) is 9.94. The van der Waals surface area contributed by atoms with Crippen LogP contribution in [0.25, 0.3) is 5.65 Å². The van der Waals surface area contributed by atoms with E-state index in [-0.39, 0.29) is 0 Å². The zero-order chi connectivity index (χ0) is 13.0. The molecule has 3 heterocycles. The molecular formula is C11H11ClN4O2. The molecule has 2 aromatic heterocycles. The second-order valence-corrected chi connectivity index (χ2v) is 4.77. The number of halogens is 1. The number of hydrogen-bond donors (Lipinski definition) is 1. The van der Waals surface area contributed by atoms with Crippen LogP contribution in [-0.2, 0) is 13.1 Å². The molecule has 1 amide bonds. The maximum absolute atomic E-state index is 10.9. The highest BCUT2D eigenvalue weighted by Crippen LogP contribution is 2.28. The van der Waals surface area contributed by atoms with E-state index in [2.05, 4.69) is 10.1 Å². The minimum Gasteiger partial charge on any atom is -0.465 e. The number of fused-ring (bicyclic) bond motifs is 3. The van der Waals surface area contributed by atoms with Gasteiger partial charge in [-0.3, -0.25) is 4.90 Å². The first-order valence-electron chi connectivity index (χ1n) is 5.50. The number of carboxylic acid groups (broad SMARTS) is 1. The molecule has 3 rings (SSSR count). The number of nitrogens with zero attached hydrogens (tertiary/aromatic N) is 4. The smallest absolute Gasteiger partial charge is 0.407 e. The molecule has 1 aliphatic heterocycles. The molecule has 94 valence electrons. The largest absolute Gasteiger partial charge is 0.465 e. The standard InChI is InChI=1S/C11H11ClN4O2/c1-5-9(12)6(2)16-10(13-5)7-3-15(11(17)18)4-8(7)14-16/h3-4H2,1-2H3,(H,17,18). The Balaban J connectivity index is 2.21. The van der Waals surface area contributed by atoms with E-state index in [4.69, 9.17) is 16.7 Å². The topological polar surface area (TPSA) is 70.7 Å². The maximum atomic E-state index is 10.9. The van der Waals surface area contributed by atoms with Crippen LogP contribution in [0.5, 0.6) is 0 Å². The summed E-state index contributed by atoms with van der Waals surface area (Å²) in [5.41, 5.74) is 3.90. The number of aryl methyl sites for hydroxylation is 2. The van der Waals surface area contributed by atoms with Crippen LogP contribution in [0.15, 0.2) is 0 Å². The van der Waals surface area contributed by atoms with Gasteiger partial charge in [0.1, 0.15) is 0 Å². The Morgan fingerprint density at radius 2 is 2.11 bits per heavy atom. The molecule has 7 heteroatoms. The lowest BCUT2D eigenvalue weighted by Crippen LogP contribution is -2.23. The SMILES string of the molecule is Cc1nc2c3c(nn2c(C)c1Cl)CN(C(=O)O)C3. The molecule has 0 unspecified atom stereocenters. The molecule has 0 bridgehead atoms. The maximum Gasteiger partial charge on any atom is 0.407 e. The number of hydrogen-bond acceptors (Lipinski definition) is 3. The van der Waals surface area contributed by atoms with E-state index in [1.807, 2.05) is 13.8 Å². The summed E-state index contributed by atoms with van der Waals surface area (Å²) in [5.74, 6) is 0. The third-order valence-corrected chi connectivity index (χ3v) is 3.77. The fourth-order valence-corrected chi connectivity index (χ4v) is 2.37. The van der Waals surface area contributed by atoms with Crippen molar-refractivity contribution in [2.75, 3.05) is 0 Å². The third kappa shape index (κ3) is 1.38. The third-order valence-electron chi connectivity index (χ3n) is 3.23. The molecule has 0 saturated heterocycles. The lowest BCUT2D eigenvalue weighted by Gasteiger charge is -2.11. The average molecular weight is 267 g/mol. The minimum absolute atomic E-state index is 0.310. The normalized spacial score (nSPS) is 14.3. The van der Waals surface area contributed by atoms with E-state index in [1.54, 1.807) is 4.52 Å². The van der Waals surface area contributed by atoms with Crippen LogP contribution in [0.4, 0.5) is 4.79 Å². The predicted octanol–water partition coefficient (Wildman–Crippen LogP) is 1.99. The molecule has 0 spiro atoms. The molecule has 1 aliphatic rings. The summed E-state index contributed by atoms with van der Waals surface area (Å²) in [7, 11) is 0. The quantitative estimate of drug-likeness (QED) is 0.792. The van der Waals surface area contributed by atoms with Gasteiger partial charge in [0.15, 0.2) is 5.65 Å². The summed E-state index contributed by atoms with van der Waals surface area (Å²) in [4.78, 5) is 16.7. The van der Waals surface area contributed by atoms with Gasteiger partial charge in [-0.05, 0) is 13.8 Å². The molecule has 18 heavy (non-hydrogen) atoms. The van der Waals surface area contributed by atoms with Gasteiger partial charge in [-0.15, -0.1) is 0 Å². The van der Waals surface area contributed by atoms with Crippen molar-refractivity contribution in [1.82, 2.24) is 19.5 Å². The van der Waals surface area contributed by atoms with Gasteiger partial charge < -0.3 is 5.11 Å². The Labute approximate surface area is 108 Å². The van der Waals surface area contributed by atoms with Crippen LogP contribution in [0.1, 0.15) is 22.6 Å². The van der Waals surface area contributed by atoms with Crippen molar-refractivity contribution < 1.29 is 9.90 Å². The number of aromatic nitrogens is 3. The summed E-state index contributed by atoms with van der Waals surface area (Å²) in [5, 5.41) is 14.0. The van der Waals surface area contributed by atoms with Gasteiger partial charge >= 0.3 is 6.09 Å². The molecule has 0 saturated carbocycles. The van der Waals surface area contributed by atoms with Crippen LogP contribution in [0, 0.1) is 13.8 Å². The first-order valence-corrected chi connectivity index (χ1v) is 5.88. The highest BCUT2D eigenvalue weighted by molar-refractivity contribution is 6.31. The van der Waals surface area contributed by atoms with Crippen molar-refractivity contribution in [3.8, 4) is 0 Å². The van der Waals surface area contributed by atoms with Crippen LogP contribution < -0.4 is 0 Å². The number of rotatable bonds is 0. The van der Waals surface area contributed by atoms with Gasteiger partial charge in [-0.1, -0.05) is 11.6 Å². The van der Waals surface area contributed by atoms with E-state index in [0.717, 1.165) is 22.6 Å². The van der Waals surface area contributed by atoms with Gasteiger partial charge in [0, 0.05) is 5.56 Å². The van der Waals surface area contributed by atoms with Crippen molar-refractivity contribution in [2.24, 2.45) is 0 Å². The Morgan fingerprint density at radius 1 is 1.39 bits per heavy atom. The summed E-state index contributed by atoms with van der Waals surface area (Å²) in [6, 6.07) is 0. The van der Waals surface area contributed by atoms with Crippen molar-refractivity contribution in [3.63, 3.8) is 0 Å². The van der Waals surface area contributed by atoms with E-state index < -0.39 is 6.09 Å². The fraction of sp³-hybridized carbons (Fsp3) is 0.364. The fourth-order valence-electron chi connectivity index (χ4n) is 2.25. The van der Waals surface area contributed by atoms with Crippen LogP contribution in [0.2, 0.25) is 5.02 Å². The Hall–Kier alpha value is -1.82. The van der Waals surface area contributed by atoms with E-state index in [9.17, 15) is 4.79 Å². The summed E-state index contributed by atoms with van der Waals surface area (Å²) in [6.45, 7) is 4.35. The highest BCUT2D eigenvalue weighted by atomic mass is 35.5. The van der Waals surface area contributed by atoms with Gasteiger partial charge in [0.2, 0.25) is 0 Å².